The lowest BCUT2D eigenvalue weighted by atomic mass is 10.0. The summed E-state index contributed by atoms with van der Waals surface area (Å²) < 4.78 is 11.2. The smallest absolute Gasteiger partial charge is 0.303 e. The molecule has 1 aromatic rings. The Bertz CT molecular complexity index is 433. The van der Waals surface area contributed by atoms with Crippen molar-refractivity contribution in [2.24, 2.45) is 5.73 Å². The molecule has 0 spiro atoms. The zero-order valence-corrected chi connectivity index (χ0v) is 10.1. The Hall–Kier alpha value is -1.75. The topological polar surface area (TPSA) is 81.8 Å². The second-order valence-corrected chi connectivity index (χ2v) is 4.26. The first kappa shape index (κ1) is 12.7. The minimum absolute atomic E-state index is 0.0473. The van der Waals surface area contributed by atoms with Crippen molar-refractivity contribution < 1.29 is 19.4 Å². The number of hydrogen-bond donors (Lipinski definition) is 2. The molecule has 1 unspecified atom stereocenters. The summed E-state index contributed by atoms with van der Waals surface area (Å²) in [5, 5.41) is 8.68. The van der Waals surface area contributed by atoms with Gasteiger partial charge in [0.25, 0.3) is 0 Å². The first-order valence-corrected chi connectivity index (χ1v) is 6.04. The molecule has 98 valence electrons. The SMILES string of the molecule is NC(CCC(=O)O)c1cccc2c1OCCCO2. The molecule has 0 saturated heterocycles. The fourth-order valence-corrected chi connectivity index (χ4v) is 1.94. The van der Waals surface area contributed by atoms with E-state index in [1.807, 2.05) is 18.2 Å². The van der Waals surface area contributed by atoms with Crippen LogP contribution in [0.25, 0.3) is 0 Å². The van der Waals surface area contributed by atoms with Crippen LogP contribution >= 0.6 is 0 Å². The number of carboxylic acids is 1. The Morgan fingerprint density at radius 1 is 1.39 bits per heavy atom. The molecule has 2 rings (SSSR count). The standard InChI is InChI=1S/C13H17NO4/c14-10(5-6-12(15)16)9-3-1-4-11-13(9)18-8-2-7-17-11/h1,3-4,10H,2,5-8,14H2,(H,15,16). The molecular formula is C13H17NO4. The van der Waals surface area contributed by atoms with Crippen LogP contribution in [-0.4, -0.2) is 24.3 Å². The van der Waals surface area contributed by atoms with Gasteiger partial charge in [-0.05, 0) is 12.5 Å². The van der Waals surface area contributed by atoms with E-state index >= 15 is 0 Å². The predicted molar refractivity (Wildman–Crippen MR) is 65.8 cm³/mol. The fourth-order valence-electron chi connectivity index (χ4n) is 1.94. The quantitative estimate of drug-likeness (QED) is 0.851. The van der Waals surface area contributed by atoms with Crippen molar-refractivity contribution in [1.82, 2.24) is 0 Å². The number of carboxylic acid groups (broad SMARTS) is 1. The monoisotopic (exact) mass is 251 g/mol. The van der Waals surface area contributed by atoms with Crippen LogP contribution in [0.2, 0.25) is 0 Å². The maximum Gasteiger partial charge on any atom is 0.303 e. The van der Waals surface area contributed by atoms with E-state index in [0.717, 1.165) is 12.0 Å². The first-order valence-electron chi connectivity index (χ1n) is 6.04. The first-order chi connectivity index (χ1) is 8.68. The number of hydrogen-bond acceptors (Lipinski definition) is 4. The summed E-state index contributed by atoms with van der Waals surface area (Å²) >= 11 is 0. The van der Waals surface area contributed by atoms with E-state index in [1.165, 1.54) is 0 Å². The minimum atomic E-state index is -0.843. The number of rotatable bonds is 4. The highest BCUT2D eigenvalue weighted by Crippen LogP contribution is 2.36. The van der Waals surface area contributed by atoms with Crippen LogP contribution in [-0.2, 0) is 4.79 Å². The highest BCUT2D eigenvalue weighted by atomic mass is 16.5. The van der Waals surface area contributed by atoms with E-state index in [0.29, 0.717) is 31.1 Å². The molecule has 1 aliphatic heterocycles. The third-order valence-electron chi connectivity index (χ3n) is 2.87. The Balaban J connectivity index is 2.19. The van der Waals surface area contributed by atoms with Crippen molar-refractivity contribution in [2.75, 3.05) is 13.2 Å². The van der Waals surface area contributed by atoms with Gasteiger partial charge >= 0.3 is 5.97 Å². The van der Waals surface area contributed by atoms with Crippen LogP contribution in [0.4, 0.5) is 0 Å². The van der Waals surface area contributed by atoms with Gasteiger partial charge in [0.15, 0.2) is 11.5 Å². The van der Waals surface area contributed by atoms with Crippen molar-refractivity contribution in [3.8, 4) is 11.5 Å². The molecule has 1 aliphatic rings. The molecule has 0 aromatic heterocycles. The highest BCUT2D eigenvalue weighted by Gasteiger charge is 2.19. The number of para-hydroxylation sites is 1. The van der Waals surface area contributed by atoms with Crippen LogP contribution < -0.4 is 15.2 Å². The maximum atomic E-state index is 10.6. The summed E-state index contributed by atoms with van der Waals surface area (Å²) in [7, 11) is 0. The van der Waals surface area contributed by atoms with Crippen molar-refractivity contribution in [3.63, 3.8) is 0 Å². The Kier molecular flexibility index (Phi) is 4.04. The molecule has 1 aromatic carbocycles. The molecule has 5 heteroatoms. The summed E-state index contributed by atoms with van der Waals surface area (Å²) in [6, 6.07) is 5.20. The number of nitrogens with two attached hydrogens (primary N) is 1. The molecule has 0 amide bonds. The second-order valence-electron chi connectivity index (χ2n) is 4.26. The van der Waals surface area contributed by atoms with Crippen LogP contribution in [0.15, 0.2) is 18.2 Å². The summed E-state index contributed by atoms with van der Waals surface area (Å²) in [4.78, 5) is 10.6. The normalized spacial score (nSPS) is 15.8. The Labute approximate surface area is 106 Å². The average Bonchev–Trinajstić information content (AvgIpc) is 2.60. The van der Waals surface area contributed by atoms with Crippen molar-refractivity contribution in [2.45, 2.75) is 25.3 Å². The Morgan fingerprint density at radius 2 is 2.17 bits per heavy atom. The van der Waals surface area contributed by atoms with Gasteiger partial charge in [-0.15, -0.1) is 0 Å². The van der Waals surface area contributed by atoms with Crippen molar-refractivity contribution >= 4 is 5.97 Å². The maximum absolute atomic E-state index is 10.6. The molecule has 0 radical (unpaired) electrons. The molecule has 1 atom stereocenters. The van der Waals surface area contributed by atoms with Gasteiger partial charge in [0.1, 0.15) is 0 Å². The number of ether oxygens (including phenoxy) is 2. The van der Waals surface area contributed by atoms with Gasteiger partial charge in [-0.25, -0.2) is 0 Å². The summed E-state index contributed by atoms with van der Waals surface area (Å²) in [5.74, 6) is 0.508. The third kappa shape index (κ3) is 2.92. The zero-order valence-electron chi connectivity index (χ0n) is 10.1. The molecule has 1 heterocycles. The van der Waals surface area contributed by atoms with Crippen molar-refractivity contribution in [1.29, 1.82) is 0 Å². The average molecular weight is 251 g/mol. The lowest BCUT2D eigenvalue weighted by molar-refractivity contribution is -0.137. The predicted octanol–water partition coefficient (Wildman–Crippen LogP) is 1.71. The highest BCUT2D eigenvalue weighted by molar-refractivity contribution is 5.66. The van der Waals surface area contributed by atoms with E-state index in [1.54, 1.807) is 0 Å². The molecule has 0 aliphatic carbocycles. The van der Waals surface area contributed by atoms with Gasteiger partial charge in [0.2, 0.25) is 0 Å². The zero-order chi connectivity index (χ0) is 13.0. The lowest BCUT2D eigenvalue weighted by Gasteiger charge is -2.17. The molecule has 0 bridgehead atoms. The number of fused-ring (bicyclic) bond motifs is 1. The van der Waals surface area contributed by atoms with Crippen LogP contribution in [0.5, 0.6) is 11.5 Å². The largest absolute Gasteiger partial charge is 0.490 e. The van der Waals surface area contributed by atoms with E-state index in [4.69, 9.17) is 20.3 Å². The molecule has 3 N–H and O–H groups in total. The van der Waals surface area contributed by atoms with Crippen molar-refractivity contribution in [3.05, 3.63) is 23.8 Å². The lowest BCUT2D eigenvalue weighted by Crippen LogP contribution is -2.14. The van der Waals surface area contributed by atoms with Crippen LogP contribution in [0.3, 0.4) is 0 Å². The molecule has 0 saturated carbocycles. The molecular weight excluding hydrogens is 234 g/mol. The van der Waals surface area contributed by atoms with E-state index < -0.39 is 5.97 Å². The van der Waals surface area contributed by atoms with Gasteiger partial charge in [-0.2, -0.15) is 0 Å². The molecule has 5 nitrogen and oxygen atoms in total. The molecule has 18 heavy (non-hydrogen) atoms. The van der Waals surface area contributed by atoms with Gasteiger partial charge in [-0.3, -0.25) is 4.79 Å². The Morgan fingerprint density at radius 3 is 2.94 bits per heavy atom. The minimum Gasteiger partial charge on any atom is -0.490 e. The van der Waals surface area contributed by atoms with E-state index in [9.17, 15) is 4.79 Å². The van der Waals surface area contributed by atoms with Crippen LogP contribution in [0, 0.1) is 0 Å². The summed E-state index contributed by atoms with van der Waals surface area (Å²) in [6.45, 7) is 1.22. The fraction of sp³-hybridized carbons (Fsp3) is 0.462. The van der Waals surface area contributed by atoms with Gasteiger partial charge in [0.05, 0.1) is 13.2 Å². The summed E-state index contributed by atoms with van der Waals surface area (Å²) in [6.07, 6.45) is 1.26. The van der Waals surface area contributed by atoms with Crippen LogP contribution in [0.1, 0.15) is 30.9 Å². The molecule has 0 fully saturated rings. The number of carbonyl (C=O) groups is 1. The van der Waals surface area contributed by atoms with E-state index in [2.05, 4.69) is 0 Å². The van der Waals surface area contributed by atoms with Gasteiger partial charge in [0, 0.05) is 24.4 Å². The number of benzene rings is 1. The third-order valence-corrected chi connectivity index (χ3v) is 2.87. The van der Waals surface area contributed by atoms with Gasteiger partial charge in [-0.1, -0.05) is 12.1 Å². The second kappa shape index (κ2) is 5.73. The van der Waals surface area contributed by atoms with Gasteiger partial charge < -0.3 is 20.3 Å². The number of aliphatic carboxylic acids is 1. The van der Waals surface area contributed by atoms with E-state index in [-0.39, 0.29) is 12.5 Å². The summed E-state index contributed by atoms with van der Waals surface area (Å²) in [5.41, 5.74) is 6.83.